The fourth-order valence-electron chi connectivity index (χ4n) is 2.47. The van der Waals surface area contributed by atoms with Crippen LogP contribution in [0.1, 0.15) is 25.3 Å². The lowest BCUT2D eigenvalue weighted by Crippen LogP contribution is -2.43. The van der Waals surface area contributed by atoms with Gasteiger partial charge in [0, 0.05) is 26.2 Å². The highest BCUT2D eigenvalue weighted by atomic mass is 19.3. The molecular formula is C16H22F2N2O3. The molecule has 5 nitrogen and oxygen atoms in total. The van der Waals surface area contributed by atoms with Gasteiger partial charge in [-0.15, -0.1) is 0 Å². The van der Waals surface area contributed by atoms with Crippen molar-refractivity contribution < 1.29 is 23.0 Å². The minimum absolute atomic E-state index is 0.101. The zero-order valence-corrected chi connectivity index (χ0v) is 13.1. The van der Waals surface area contributed by atoms with Crippen LogP contribution >= 0.6 is 0 Å². The van der Waals surface area contributed by atoms with Crippen LogP contribution < -0.4 is 10.1 Å². The van der Waals surface area contributed by atoms with Crippen molar-refractivity contribution in [1.82, 2.24) is 10.2 Å². The van der Waals surface area contributed by atoms with Crippen molar-refractivity contribution in [3.05, 3.63) is 29.8 Å². The number of alkyl halides is 2. The van der Waals surface area contributed by atoms with E-state index in [0.29, 0.717) is 19.6 Å². The summed E-state index contributed by atoms with van der Waals surface area (Å²) >= 11 is 0. The Morgan fingerprint density at radius 1 is 1.43 bits per heavy atom. The number of nitrogens with one attached hydrogen (secondary N) is 1. The summed E-state index contributed by atoms with van der Waals surface area (Å²) in [5, 5.41) is 2.83. The molecule has 0 radical (unpaired) electrons. The third kappa shape index (κ3) is 5.67. The number of halogens is 2. The standard InChI is InChI=1S/C16H22F2N2O3/c1-2-20(11-14-4-3-9-22-14)16(21)19-10-12-5-7-13(8-6-12)23-15(17)18/h5-8,14-15H,2-4,9-11H2,1H3,(H,19,21)/t14-/m0/s1. The second kappa shape index (κ2) is 8.67. The van der Waals surface area contributed by atoms with Crippen molar-refractivity contribution in [3.63, 3.8) is 0 Å². The third-order valence-corrected chi connectivity index (χ3v) is 3.71. The summed E-state index contributed by atoms with van der Waals surface area (Å²) < 4.78 is 34.0. The minimum Gasteiger partial charge on any atom is -0.435 e. The Morgan fingerprint density at radius 2 is 2.17 bits per heavy atom. The molecule has 1 saturated heterocycles. The summed E-state index contributed by atoms with van der Waals surface area (Å²) in [6, 6.07) is 6.05. The molecule has 0 aromatic heterocycles. The smallest absolute Gasteiger partial charge is 0.387 e. The molecule has 1 aliphatic heterocycles. The number of amides is 2. The molecule has 2 amide bonds. The van der Waals surface area contributed by atoms with Crippen molar-refractivity contribution in [1.29, 1.82) is 0 Å². The largest absolute Gasteiger partial charge is 0.435 e. The first-order valence-corrected chi connectivity index (χ1v) is 7.76. The number of rotatable bonds is 7. The van der Waals surface area contributed by atoms with Crippen molar-refractivity contribution in [2.75, 3.05) is 19.7 Å². The minimum atomic E-state index is -2.84. The first-order chi connectivity index (χ1) is 11.1. The molecule has 1 N–H and O–H groups in total. The number of likely N-dealkylation sites (N-methyl/N-ethyl adjacent to an activating group) is 1. The molecule has 0 unspecified atom stereocenters. The normalized spacial score (nSPS) is 17.3. The number of urea groups is 1. The molecule has 1 heterocycles. The molecule has 0 aliphatic carbocycles. The molecule has 23 heavy (non-hydrogen) atoms. The van der Waals surface area contributed by atoms with E-state index in [9.17, 15) is 13.6 Å². The van der Waals surface area contributed by atoms with Crippen molar-refractivity contribution in [2.45, 2.75) is 39.0 Å². The topological polar surface area (TPSA) is 50.8 Å². The van der Waals surface area contributed by atoms with E-state index in [0.717, 1.165) is 25.0 Å². The van der Waals surface area contributed by atoms with Crippen LogP contribution in [0.4, 0.5) is 13.6 Å². The molecule has 1 aromatic rings. The zero-order chi connectivity index (χ0) is 16.7. The number of carbonyl (C=O) groups excluding carboxylic acids is 1. The van der Waals surface area contributed by atoms with Gasteiger partial charge in [0.2, 0.25) is 0 Å². The predicted molar refractivity (Wildman–Crippen MR) is 81.5 cm³/mol. The van der Waals surface area contributed by atoms with Gasteiger partial charge in [-0.2, -0.15) is 8.78 Å². The van der Waals surface area contributed by atoms with Crippen LogP contribution in [0.5, 0.6) is 5.75 Å². The van der Waals surface area contributed by atoms with Crippen LogP contribution in [0, 0.1) is 0 Å². The van der Waals surface area contributed by atoms with E-state index in [-0.39, 0.29) is 17.9 Å². The highest BCUT2D eigenvalue weighted by Crippen LogP contribution is 2.15. The molecule has 1 aromatic carbocycles. The maximum absolute atomic E-state index is 12.2. The van der Waals surface area contributed by atoms with Gasteiger partial charge in [0.25, 0.3) is 0 Å². The first kappa shape index (κ1) is 17.5. The summed E-state index contributed by atoms with van der Waals surface area (Å²) in [5.41, 5.74) is 0.813. The van der Waals surface area contributed by atoms with Crippen molar-refractivity contribution in [3.8, 4) is 5.75 Å². The number of hydrogen-bond acceptors (Lipinski definition) is 3. The van der Waals surface area contributed by atoms with Gasteiger partial charge in [0.15, 0.2) is 0 Å². The molecule has 0 spiro atoms. The van der Waals surface area contributed by atoms with Crippen LogP contribution in [0.15, 0.2) is 24.3 Å². The van der Waals surface area contributed by atoms with Gasteiger partial charge in [0.1, 0.15) is 5.75 Å². The van der Waals surface area contributed by atoms with Gasteiger partial charge in [0.05, 0.1) is 6.10 Å². The van der Waals surface area contributed by atoms with Crippen LogP contribution in [0.3, 0.4) is 0 Å². The Morgan fingerprint density at radius 3 is 2.74 bits per heavy atom. The molecule has 2 rings (SSSR count). The zero-order valence-electron chi connectivity index (χ0n) is 13.1. The Bertz CT molecular complexity index is 491. The van der Waals surface area contributed by atoms with Crippen molar-refractivity contribution >= 4 is 6.03 Å². The summed E-state index contributed by atoms with van der Waals surface area (Å²) in [7, 11) is 0. The first-order valence-electron chi connectivity index (χ1n) is 7.76. The molecule has 1 aliphatic rings. The lowest BCUT2D eigenvalue weighted by atomic mass is 10.2. The fourth-order valence-corrected chi connectivity index (χ4v) is 2.47. The van der Waals surface area contributed by atoms with Gasteiger partial charge in [-0.25, -0.2) is 4.79 Å². The maximum Gasteiger partial charge on any atom is 0.387 e. The van der Waals surface area contributed by atoms with E-state index >= 15 is 0 Å². The number of benzene rings is 1. The highest BCUT2D eigenvalue weighted by molar-refractivity contribution is 5.74. The number of ether oxygens (including phenoxy) is 2. The fraction of sp³-hybridized carbons (Fsp3) is 0.562. The van der Waals surface area contributed by atoms with Gasteiger partial charge in [-0.1, -0.05) is 12.1 Å². The average Bonchev–Trinajstić information content (AvgIpc) is 3.04. The van der Waals surface area contributed by atoms with E-state index < -0.39 is 6.61 Å². The van der Waals surface area contributed by atoms with E-state index in [2.05, 4.69) is 10.1 Å². The number of carbonyl (C=O) groups is 1. The van der Waals surface area contributed by atoms with Crippen LogP contribution in [-0.4, -0.2) is 43.3 Å². The van der Waals surface area contributed by atoms with Crippen molar-refractivity contribution in [2.24, 2.45) is 0 Å². The molecule has 1 fully saturated rings. The van der Waals surface area contributed by atoms with Gasteiger partial charge < -0.3 is 19.7 Å². The third-order valence-electron chi connectivity index (χ3n) is 3.71. The lowest BCUT2D eigenvalue weighted by Gasteiger charge is -2.24. The van der Waals surface area contributed by atoms with Crippen LogP contribution in [0.2, 0.25) is 0 Å². The quantitative estimate of drug-likeness (QED) is 0.837. The Labute approximate surface area is 134 Å². The highest BCUT2D eigenvalue weighted by Gasteiger charge is 2.21. The van der Waals surface area contributed by atoms with E-state index in [1.807, 2.05) is 6.92 Å². The second-order valence-electron chi connectivity index (χ2n) is 5.35. The molecule has 0 bridgehead atoms. The number of nitrogens with zero attached hydrogens (tertiary/aromatic N) is 1. The maximum atomic E-state index is 12.2. The molecule has 1 atom stereocenters. The Balaban J connectivity index is 1.79. The molecule has 128 valence electrons. The second-order valence-corrected chi connectivity index (χ2v) is 5.35. The van der Waals surface area contributed by atoms with Gasteiger partial charge in [-0.05, 0) is 37.5 Å². The summed E-state index contributed by atoms with van der Waals surface area (Å²) in [5.74, 6) is 0.101. The van der Waals surface area contributed by atoms with Gasteiger partial charge in [-0.3, -0.25) is 0 Å². The Kier molecular flexibility index (Phi) is 6.58. The van der Waals surface area contributed by atoms with Gasteiger partial charge >= 0.3 is 12.6 Å². The van der Waals surface area contributed by atoms with E-state index in [1.165, 1.54) is 12.1 Å². The van der Waals surface area contributed by atoms with E-state index in [1.54, 1.807) is 17.0 Å². The summed E-state index contributed by atoms with van der Waals surface area (Å²) in [6.07, 6.45) is 2.14. The lowest BCUT2D eigenvalue weighted by molar-refractivity contribution is -0.0498. The summed E-state index contributed by atoms with van der Waals surface area (Å²) in [4.78, 5) is 13.9. The van der Waals surface area contributed by atoms with Crippen LogP contribution in [-0.2, 0) is 11.3 Å². The number of hydrogen-bond donors (Lipinski definition) is 1. The molecule has 0 saturated carbocycles. The SMILES string of the molecule is CCN(C[C@@H]1CCCO1)C(=O)NCc1ccc(OC(F)F)cc1. The molecular weight excluding hydrogens is 306 g/mol. The molecule has 7 heteroatoms. The Hall–Kier alpha value is -1.89. The van der Waals surface area contributed by atoms with E-state index in [4.69, 9.17) is 4.74 Å². The van der Waals surface area contributed by atoms with Crippen LogP contribution in [0.25, 0.3) is 0 Å². The predicted octanol–water partition coefficient (Wildman–Crippen LogP) is 3.00. The summed E-state index contributed by atoms with van der Waals surface area (Å²) in [6.45, 7) is 1.37. The average molecular weight is 328 g/mol. The monoisotopic (exact) mass is 328 g/mol.